The number of hydrogen-bond donors (Lipinski definition) is 2. The zero-order valence-electron chi connectivity index (χ0n) is 18.6. The molecule has 1 unspecified atom stereocenters. The van der Waals surface area contributed by atoms with Gasteiger partial charge in [0.1, 0.15) is 11.6 Å². The number of nitrogens with zero attached hydrogens (tertiary/aromatic N) is 4. The number of benzene rings is 1. The summed E-state index contributed by atoms with van der Waals surface area (Å²) in [5.41, 5.74) is 1.66. The Kier molecular flexibility index (Phi) is 6.72. The van der Waals surface area contributed by atoms with Crippen LogP contribution < -0.4 is 25.2 Å². The van der Waals surface area contributed by atoms with Crippen molar-refractivity contribution >= 4 is 29.3 Å². The van der Waals surface area contributed by atoms with E-state index in [2.05, 4.69) is 25.5 Å². The smallest absolute Gasteiger partial charge is 0.227 e. The maximum atomic E-state index is 12.6. The molecule has 1 aromatic carbocycles. The molecule has 0 spiro atoms. The Hall–Kier alpha value is -3.36. The van der Waals surface area contributed by atoms with Gasteiger partial charge in [0.05, 0.1) is 13.0 Å². The molecule has 2 amide bonds. The van der Waals surface area contributed by atoms with Gasteiger partial charge in [0, 0.05) is 62.7 Å². The monoisotopic (exact) mass is 438 g/mol. The summed E-state index contributed by atoms with van der Waals surface area (Å²) in [6.07, 6.45) is 2.59. The Balaban J connectivity index is 1.26. The van der Waals surface area contributed by atoms with Gasteiger partial charge in [0.25, 0.3) is 0 Å². The maximum absolute atomic E-state index is 12.6. The van der Waals surface area contributed by atoms with Crippen LogP contribution in [-0.2, 0) is 9.59 Å². The number of anilines is 3. The van der Waals surface area contributed by atoms with Crippen LogP contribution in [0.15, 0.2) is 30.3 Å². The van der Waals surface area contributed by atoms with Gasteiger partial charge in [-0.05, 0) is 31.9 Å². The lowest BCUT2D eigenvalue weighted by atomic mass is 10.1. The lowest BCUT2D eigenvalue weighted by Crippen LogP contribution is -2.35. The van der Waals surface area contributed by atoms with Gasteiger partial charge in [0.2, 0.25) is 17.8 Å². The molecule has 4 rings (SSSR count). The molecule has 2 aliphatic heterocycles. The number of amides is 2. The molecule has 0 radical (unpaired) electrons. The molecule has 1 atom stereocenters. The van der Waals surface area contributed by atoms with Crippen LogP contribution in [0.5, 0.6) is 5.75 Å². The third kappa shape index (κ3) is 5.09. The van der Waals surface area contributed by atoms with Crippen LogP contribution in [0.3, 0.4) is 0 Å². The average molecular weight is 439 g/mol. The Morgan fingerprint density at radius 2 is 2.00 bits per heavy atom. The molecule has 2 saturated heterocycles. The molecule has 1 aromatic heterocycles. The van der Waals surface area contributed by atoms with Crippen molar-refractivity contribution in [1.82, 2.24) is 15.3 Å². The van der Waals surface area contributed by atoms with Crippen LogP contribution in [-0.4, -0.2) is 61.6 Å². The van der Waals surface area contributed by atoms with E-state index in [1.165, 1.54) is 12.8 Å². The third-order valence-electron chi connectivity index (χ3n) is 5.84. The van der Waals surface area contributed by atoms with Crippen LogP contribution >= 0.6 is 0 Å². The van der Waals surface area contributed by atoms with Gasteiger partial charge >= 0.3 is 0 Å². The number of methoxy groups -OCH3 is 1. The highest BCUT2D eigenvalue weighted by atomic mass is 16.5. The minimum Gasteiger partial charge on any atom is -0.497 e. The summed E-state index contributed by atoms with van der Waals surface area (Å²) in [6.45, 7) is 5.32. The average Bonchev–Trinajstić information content (AvgIpc) is 3.46. The molecule has 0 saturated carbocycles. The molecule has 2 aromatic rings. The van der Waals surface area contributed by atoms with Gasteiger partial charge in [-0.15, -0.1) is 0 Å². The summed E-state index contributed by atoms with van der Waals surface area (Å²) in [5, 5.41) is 6.12. The molecule has 2 fully saturated rings. The first-order valence-corrected chi connectivity index (χ1v) is 11.1. The SMILES string of the molecule is COc1cccc(N2CC(C(=O)NCCNc3nc(C)cc(N4CCCC4)n3)CC2=O)c1. The van der Waals surface area contributed by atoms with Gasteiger partial charge in [-0.2, -0.15) is 4.98 Å². The zero-order valence-corrected chi connectivity index (χ0v) is 18.6. The molecule has 2 N–H and O–H groups in total. The number of ether oxygens (including phenoxy) is 1. The summed E-state index contributed by atoms with van der Waals surface area (Å²) in [7, 11) is 1.59. The fourth-order valence-electron chi connectivity index (χ4n) is 4.15. The van der Waals surface area contributed by atoms with E-state index in [1.54, 1.807) is 18.1 Å². The molecule has 170 valence electrons. The van der Waals surface area contributed by atoms with E-state index < -0.39 is 0 Å². The van der Waals surface area contributed by atoms with Crippen LogP contribution in [0.25, 0.3) is 0 Å². The number of rotatable bonds is 8. The third-order valence-corrected chi connectivity index (χ3v) is 5.84. The quantitative estimate of drug-likeness (QED) is 0.608. The van der Waals surface area contributed by atoms with Crippen molar-refractivity contribution in [2.75, 3.05) is 55.0 Å². The van der Waals surface area contributed by atoms with Crippen molar-refractivity contribution in [3.63, 3.8) is 0 Å². The van der Waals surface area contributed by atoms with E-state index in [0.29, 0.717) is 31.3 Å². The molecule has 9 heteroatoms. The summed E-state index contributed by atoms with van der Waals surface area (Å²) >= 11 is 0. The van der Waals surface area contributed by atoms with Crippen molar-refractivity contribution in [3.05, 3.63) is 36.0 Å². The number of nitrogens with one attached hydrogen (secondary N) is 2. The van der Waals surface area contributed by atoms with E-state index in [-0.39, 0.29) is 24.2 Å². The lowest BCUT2D eigenvalue weighted by Gasteiger charge is -2.18. The molecule has 0 aliphatic carbocycles. The van der Waals surface area contributed by atoms with Gasteiger partial charge < -0.3 is 25.2 Å². The second-order valence-electron chi connectivity index (χ2n) is 8.21. The van der Waals surface area contributed by atoms with Gasteiger partial charge in [-0.25, -0.2) is 4.98 Å². The molecular weight excluding hydrogens is 408 g/mol. The van der Waals surface area contributed by atoms with Crippen LogP contribution in [0.2, 0.25) is 0 Å². The first kappa shape index (κ1) is 21.9. The van der Waals surface area contributed by atoms with Crippen LogP contribution in [0.1, 0.15) is 25.0 Å². The lowest BCUT2D eigenvalue weighted by molar-refractivity contribution is -0.126. The maximum Gasteiger partial charge on any atom is 0.227 e. The standard InChI is InChI=1S/C23H30N6O3/c1-16-12-20(28-10-3-4-11-28)27-23(26-16)25-9-8-24-22(31)17-13-21(30)29(15-17)18-6-5-7-19(14-18)32-2/h5-7,12,14,17H,3-4,8-11,13,15H2,1-2H3,(H,24,31)(H,25,26,27). The van der Waals surface area contributed by atoms with Gasteiger partial charge in [-0.3, -0.25) is 9.59 Å². The summed E-state index contributed by atoms with van der Waals surface area (Å²) in [5.74, 6) is 1.66. The molecular formula is C23H30N6O3. The van der Waals surface area contributed by atoms with Crippen molar-refractivity contribution < 1.29 is 14.3 Å². The number of aromatic nitrogens is 2. The summed E-state index contributed by atoms with van der Waals surface area (Å²) in [6, 6.07) is 9.32. The largest absolute Gasteiger partial charge is 0.497 e. The van der Waals surface area contributed by atoms with E-state index in [9.17, 15) is 9.59 Å². The molecule has 3 heterocycles. The zero-order chi connectivity index (χ0) is 22.5. The van der Waals surface area contributed by atoms with E-state index in [0.717, 1.165) is 30.3 Å². The minimum atomic E-state index is -0.370. The second kappa shape index (κ2) is 9.84. The Bertz CT molecular complexity index is 976. The molecule has 32 heavy (non-hydrogen) atoms. The molecule has 9 nitrogen and oxygen atoms in total. The highest BCUT2D eigenvalue weighted by Crippen LogP contribution is 2.28. The Morgan fingerprint density at radius 3 is 2.78 bits per heavy atom. The van der Waals surface area contributed by atoms with Crippen molar-refractivity contribution in [2.24, 2.45) is 5.92 Å². The number of carbonyl (C=O) groups excluding carboxylic acids is 2. The van der Waals surface area contributed by atoms with Gasteiger partial charge in [-0.1, -0.05) is 6.07 Å². The predicted octanol–water partition coefficient (Wildman–Crippen LogP) is 1.98. The normalized spacial score (nSPS) is 18.2. The highest BCUT2D eigenvalue weighted by Gasteiger charge is 2.35. The number of aryl methyl sites for hydroxylation is 1. The fourth-order valence-corrected chi connectivity index (χ4v) is 4.15. The van der Waals surface area contributed by atoms with E-state index >= 15 is 0 Å². The van der Waals surface area contributed by atoms with Crippen LogP contribution in [0, 0.1) is 12.8 Å². The number of carbonyl (C=O) groups is 2. The number of hydrogen-bond acceptors (Lipinski definition) is 7. The highest BCUT2D eigenvalue weighted by molar-refractivity contribution is 6.00. The topological polar surface area (TPSA) is 99.7 Å². The van der Waals surface area contributed by atoms with Crippen molar-refractivity contribution in [3.8, 4) is 5.75 Å². The second-order valence-corrected chi connectivity index (χ2v) is 8.21. The summed E-state index contributed by atoms with van der Waals surface area (Å²) < 4.78 is 5.23. The van der Waals surface area contributed by atoms with Gasteiger partial charge in [0.15, 0.2) is 0 Å². The van der Waals surface area contributed by atoms with E-state index in [4.69, 9.17) is 4.74 Å². The Labute approximate surface area is 188 Å². The molecule has 0 bridgehead atoms. The van der Waals surface area contributed by atoms with Crippen LogP contribution in [0.4, 0.5) is 17.5 Å². The minimum absolute atomic E-state index is 0.0564. The predicted molar refractivity (Wildman–Crippen MR) is 123 cm³/mol. The fraction of sp³-hybridized carbons (Fsp3) is 0.478. The first-order chi connectivity index (χ1) is 15.5. The van der Waals surface area contributed by atoms with Crippen molar-refractivity contribution in [2.45, 2.75) is 26.2 Å². The molecule has 2 aliphatic rings. The Morgan fingerprint density at radius 1 is 1.19 bits per heavy atom. The first-order valence-electron chi connectivity index (χ1n) is 11.1. The van der Waals surface area contributed by atoms with E-state index in [1.807, 2.05) is 31.2 Å². The summed E-state index contributed by atoms with van der Waals surface area (Å²) in [4.78, 5) is 38.0. The van der Waals surface area contributed by atoms with Crippen molar-refractivity contribution in [1.29, 1.82) is 0 Å².